The lowest BCUT2D eigenvalue weighted by Gasteiger charge is -2.34. The lowest BCUT2D eigenvalue weighted by Crippen LogP contribution is -2.42. The smallest absolute Gasteiger partial charge is 0.0614 e. The quantitative estimate of drug-likeness (QED) is 0.660. The number of hydrogen-bond acceptors (Lipinski definition) is 2. The Bertz CT molecular complexity index is 116. The molecule has 1 fully saturated rings. The molecular weight excluding hydrogens is 138 g/mol. The second kappa shape index (κ2) is 4.07. The Kier molecular flexibility index (Phi) is 3.34. The zero-order valence-corrected chi connectivity index (χ0v) is 7.55. The lowest BCUT2D eigenvalue weighted by molar-refractivity contribution is 0.0131. The highest BCUT2D eigenvalue weighted by Gasteiger charge is 2.29. The van der Waals surface area contributed by atoms with E-state index >= 15 is 0 Å². The van der Waals surface area contributed by atoms with Gasteiger partial charge in [-0.3, -0.25) is 0 Å². The number of nitrogens with two attached hydrogens (primary N) is 1. The molecule has 0 spiro atoms. The van der Waals surface area contributed by atoms with Gasteiger partial charge in [-0.25, -0.2) is 0 Å². The number of ether oxygens (including phenoxy) is 1. The summed E-state index contributed by atoms with van der Waals surface area (Å²) >= 11 is 0. The molecule has 0 radical (unpaired) electrons. The van der Waals surface area contributed by atoms with Crippen molar-refractivity contribution in [3.05, 3.63) is 0 Å². The monoisotopic (exact) mass is 157 g/mol. The van der Waals surface area contributed by atoms with E-state index in [1.54, 1.807) is 7.11 Å². The Balaban J connectivity index is 2.48. The summed E-state index contributed by atoms with van der Waals surface area (Å²) < 4.78 is 5.39. The molecule has 3 atom stereocenters. The number of hydrogen-bond donors (Lipinski definition) is 1. The van der Waals surface area contributed by atoms with Crippen LogP contribution in [-0.4, -0.2) is 19.3 Å². The zero-order valence-electron chi connectivity index (χ0n) is 7.55. The fourth-order valence-corrected chi connectivity index (χ4v) is 2.12. The van der Waals surface area contributed by atoms with Gasteiger partial charge in [-0.05, 0) is 31.6 Å². The Morgan fingerprint density at radius 3 is 2.64 bits per heavy atom. The molecule has 0 amide bonds. The first kappa shape index (κ1) is 9.01. The summed E-state index contributed by atoms with van der Waals surface area (Å²) in [4.78, 5) is 0. The van der Waals surface area contributed by atoms with E-state index in [0.29, 0.717) is 18.1 Å². The van der Waals surface area contributed by atoms with Gasteiger partial charge in [0.15, 0.2) is 0 Å². The van der Waals surface area contributed by atoms with Crippen molar-refractivity contribution in [2.75, 3.05) is 7.11 Å². The second-order valence-electron chi connectivity index (χ2n) is 3.44. The average Bonchev–Trinajstić information content (AvgIpc) is 2.04. The third-order valence-corrected chi connectivity index (χ3v) is 2.83. The Morgan fingerprint density at radius 2 is 2.18 bits per heavy atom. The first-order chi connectivity index (χ1) is 5.29. The predicted molar refractivity (Wildman–Crippen MR) is 46.4 cm³/mol. The normalized spacial score (nSPS) is 39.0. The molecule has 11 heavy (non-hydrogen) atoms. The number of rotatable bonds is 2. The Hall–Kier alpha value is -0.0800. The van der Waals surface area contributed by atoms with Crippen LogP contribution in [0.4, 0.5) is 0 Å². The van der Waals surface area contributed by atoms with Crippen molar-refractivity contribution in [2.24, 2.45) is 11.7 Å². The van der Waals surface area contributed by atoms with Crippen LogP contribution in [0.3, 0.4) is 0 Å². The van der Waals surface area contributed by atoms with Gasteiger partial charge >= 0.3 is 0 Å². The van der Waals surface area contributed by atoms with E-state index in [2.05, 4.69) is 6.92 Å². The maximum Gasteiger partial charge on any atom is 0.0614 e. The molecule has 0 aromatic carbocycles. The molecule has 1 saturated carbocycles. The minimum absolute atomic E-state index is 0.374. The standard InChI is InChI=1S/C9H19NO/c1-3-7-8(10)5-4-6-9(7)11-2/h7-9H,3-6,10H2,1-2H3. The minimum Gasteiger partial charge on any atom is -0.381 e. The Morgan fingerprint density at radius 1 is 1.45 bits per heavy atom. The third-order valence-electron chi connectivity index (χ3n) is 2.83. The summed E-state index contributed by atoms with van der Waals surface area (Å²) in [5, 5.41) is 0. The molecule has 0 aliphatic heterocycles. The van der Waals surface area contributed by atoms with Gasteiger partial charge in [0, 0.05) is 13.2 Å². The van der Waals surface area contributed by atoms with Crippen LogP contribution in [0.15, 0.2) is 0 Å². The van der Waals surface area contributed by atoms with Crippen LogP contribution in [0.2, 0.25) is 0 Å². The third kappa shape index (κ3) is 1.94. The van der Waals surface area contributed by atoms with Crippen molar-refractivity contribution >= 4 is 0 Å². The van der Waals surface area contributed by atoms with Crippen LogP contribution >= 0.6 is 0 Å². The van der Waals surface area contributed by atoms with E-state index < -0.39 is 0 Å². The molecule has 2 heteroatoms. The summed E-state index contributed by atoms with van der Waals surface area (Å²) in [5.41, 5.74) is 5.98. The van der Waals surface area contributed by atoms with Crippen LogP contribution in [0, 0.1) is 5.92 Å². The lowest BCUT2D eigenvalue weighted by atomic mass is 9.81. The maximum atomic E-state index is 5.98. The van der Waals surface area contributed by atoms with E-state index in [-0.39, 0.29) is 0 Å². The van der Waals surface area contributed by atoms with Gasteiger partial charge in [-0.2, -0.15) is 0 Å². The first-order valence-electron chi connectivity index (χ1n) is 4.58. The first-order valence-corrected chi connectivity index (χ1v) is 4.58. The summed E-state index contributed by atoms with van der Waals surface area (Å²) in [7, 11) is 1.80. The van der Waals surface area contributed by atoms with Crippen LogP contribution in [0.25, 0.3) is 0 Å². The molecule has 2 N–H and O–H groups in total. The molecule has 66 valence electrons. The topological polar surface area (TPSA) is 35.2 Å². The van der Waals surface area contributed by atoms with Gasteiger partial charge in [0.05, 0.1) is 6.10 Å². The van der Waals surface area contributed by atoms with Crippen LogP contribution in [-0.2, 0) is 4.74 Å². The van der Waals surface area contributed by atoms with E-state index in [9.17, 15) is 0 Å². The largest absolute Gasteiger partial charge is 0.381 e. The minimum atomic E-state index is 0.374. The summed E-state index contributed by atoms with van der Waals surface area (Å²) in [6.07, 6.45) is 5.18. The molecule has 0 aromatic rings. The van der Waals surface area contributed by atoms with Crippen molar-refractivity contribution in [3.8, 4) is 0 Å². The summed E-state index contributed by atoms with van der Waals surface area (Å²) in [6.45, 7) is 2.20. The molecule has 1 rings (SSSR count). The van der Waals surface area contributed by atoms with Crippen LogP contribution in [0.5, 0.6) is 0 Å². The van der Waals surface area contributed by atoms with Gasteiger partial charge in [0.1, 0.15) is 0 Å². The molecule has 0 bridgehead atoms. The predicted octanol–water partition coefficient (Wildman–Crippen LogP) is 1.54. The van der Waals surface area contributed by atoms with E-state index in [4.69, 9.17) is 10.5 Å². The maximum absolute atomic E-state index is 5.98. The molecular formula is C9H19NO. The molecule has 2 nitrogen and oxygen atoms in total. The van der Waals surface area contributed by atoms with E-state index in [1.807, 2.05) is 0 Å². The van der Waals surface area contributed by atoms with Crippen molar-refractivity contribution in [3.63, 3.8) is 0 Å². The molecule has 1 aliphatic carbocycles. The van der Waals surface area contributed by atoms with E-state index in [1.165, 1.54) is 19.3 Å². The highest BCUT2D eigenvalue weighted by molar-refractivity contribution is 4.84. The average molecular weight is 157 g/mol. The van der Waals surface area contributed by atoms with Gasteiger partial charge in [-0.15, -0.1) is 0 Å². The fraction of sp³-hybridized carbons (Fsp3) is 1.00. The van der Waals surface area contributed by atoms with Gasteiger partial charge in [0.2, 0.25) is 0 Å². The van der Waals surface area contributed by atoms with Crippen LogP contribution < -0.4 is 5.73 Å². The van der Waals surface area contributed by atoms with Crippen molar-refractivity contribution < 1.29 is 4.74 Å². The highest BCUT2D eigenvalue weighted by atomic mass is 16.5. The highest BCUT2D eigenvalue weighted by Crippen LogP contribution is 2.27. The van der Waals surface area contributed by atoms with Gasteiger partial charge in [0.25, 0.3) is 0 Å². The van der Waals surface area contributed by atoms with Gasteiger partial charge < -0.3 is 10.5 Å². The fourth-order valence-electron chi connectivity index (χ4n) is 2.12. The van der Waals surface area contributed by atoms with Crippen molar-refractivity contribution in [2.45, 2.75) is 44.8 Å². The summed E-state index contributed by atoms with van der Waals surface area (Å²) in [5.74, 6) is 0.591. The molecule has 0 saturated heterocycles. The number of methoxy groups -OCH3 is 1. The second-order valence-corrected chi connectivity index (χ2v) is 3.44. The SMILES string of the molecule is CCC1C(N)CCCC1OC. The van der Waals surface area contributed by atoms with Crippen molar-refractivity contribution in [1.82, 2.24) is 0 Å². The van der Waals surface area contributed by atoms with E-state index in [0.717, 1.165) is 6.42 Å². The van der Waals surface area contributed by atoms with Crippen LogP contribution in [0.1, 0.15) is 32.6 Å². The molecule has 3 unspecified atom stereocenters. The molecule has 1 aliphatic rings. The molecule has 0 heterocycles. The van der Waals surface area contributed by atoms with Crippen molar-refractivity contribution in [1.29, 1.82) is 0 Å². The summed E-state index contributed by atoms with van der Waals surface area (Å²) in [6, 6.07) is 0.374. The molecule has 0 aromatic heterocycles. The Labute approximate surface area is 69.1 Å². The zero-order chi connectivity index (χ0) is 8.27. The van der Waals surface area contributed by atoms with Gasteiger partial charge in [-0.1, -0.05) is 6.92 Å².